The molecule has 0 aliphatic rings. The highest BCUT2D eigenvalue weighted by molar-refractivity contribution is 7.89. The number of rotatable bonds is 9. The first kappa shape index (κ1) is 17.8. The molecule has 0 saturated heterocycles. The van der Waals surface area contributed by atoms with E-state index in [1.807, 2.05) is 6.92 Å². The third-order valence-corrected chi connectivity index (χ3v) is 4.76. The molecular formula is C13H28FNO2S. The summed E-state index contributed by atoms with van der Waals surface area (Å²) >= 11 is 0. The van der Waals surface area contributed by atoms with E-state index in [1.165, 1.54) is 4.31 Å². The molecule has 0 aromatic carbocycles. The van der Waals surface area contributed by atoms with Crippen LogP contribution in [0.4, 0.5) is 4.39 Å². The third kappa shape index (κ3) is 8.03. The van der Waals surface area contributed by atoms with Crippen LogP contribution in [-0.4, -0.2) is 38.2 Å². The molecule has 0 aliphatic heterocycles. The van der Waals surface area contributed by atoms with E-state index < -0.39 is 16.7 Å². The van der Waals surface area contributed by atoms with Gasteiger partial charge in [-0.15, -0.1) is 0 Å². The molecule has 0 aromatic heterocycles. The zero-order valence-corrected chi connectivity index (χ0v) is 13.0. The van der Waals surface area contributed by atoms with Gasteiger partial charge in [-0.2, -0.15) is 0 Å². The number of nitrogens with zero attached hydrogens (tertiary/aromatic N) is 1. The van der Waals surface area contributed by atoms with Gasteiger partial charge in [0.15, 0.2) is 0 Å². The van der Waals surface area contributed by atoms with Crippen molar-refractivity contribution in [1.82, 2.24) is 4.31 Å². The lowest BCUT2D eigenvalue weighted by Gasteiger charge is -2.26. The standard InChI is InChI=1S/C13H28FNO2S/c1-5-6-10-15(11-8-13(2,3)4)18(16,17)12-7-9-14/h5-12H2,1-4H3. The second-order valence-electron chi connectivity index (χ2n) is 5.92. The molecular weight excluding hydrogens is 253 g/mol. The summed E-state index contributed by atoms with van der Waals surface area (Å²) in [4.78, 5) is 0. The predicted molar refractivity (Wildman–Crippen MR) is 74.9 cm³/mol. The zero-order chi connectivity index (χ0) is 14.2. The molecule has 0 atom stereocenters. The molecule has 0 aliphatic carbocycles. The number of halogens is 1. The van der Waals surface area contributed by atoms with Crippen molar-refractivity contribution in [3.8, 4) is 0 Å². The molecule has 0 saturated carbocycles. The Morgan fingerprint density at radius 1 is 1.11 bits per heavy atom. The van der Waals surface area contributed by atoms with Gasteiger partial charge in [0.05, 0.1) is 12.4 Å². The molecule has 0 amide bonds. The summed E-state index contributed by atoms with van der Waals surface area (Å²) in [5.74, 6) is -0.0721. The molecule has 0 aromatic rings. The summed E-state index contributed by atoms with van der Waals surface area (Å²) in [6.45, 7) is 8.85. The molecule has 0 fully saturated rings. The van der Waals surface area contributed by atoms with Crippen molar-refractivity contribution in [1.29, 1.82) is 0 Å². The smallest absolute Gasteiger partial charge is 0.214 e. The molecule has 0 spiro atoms. The molecule has 0 unspecified atom stereocenters. The van der Waals surface area contributed by atoms with Gasteiger partial charge in [-0.05, 0) is 24.7 Å². The number of hydrogen-bond donors (Lipinski definition) is 0. The predicted octanol–water partition coefficient (Wildman–Crippen LogP) is 3.21. The van der Waals surface area contributed by atoms with Crippen LogP contribution in [0.25, 0.3) is 0 Å². The average Bonchev–Trinajstić information content (AvgIpc) is 2.24. The molecule has 0 N–H and O–H groups in total. The lowest BCUT2D eigenvalue weighted by Crippen LogP contribution is -2.36. The summed E-state index contributed by atoms with van der Waals surface area (Å²) in [5.41, 5.74) is 0.111. The largest absolute Gasteiger partial charge is 0.251 e. The van der Waals surface area contributed by atoms with Crippen LogP contribution >= 0.6 is 0 Å². The molecule has 0 radical (unpaired) electrons. The topological polar surface area (TPSA) is 37.4 Å². The van der Waals surface area contributed by atoms with Crippen LogP contribution in [0.2, 0.25) is 0 Å². The minimum absolute atomic E-state index is 0.0721. The Kier molecular flexibility index (Phi) is 8.03. The van der Waals surface area contributed by atoms with Crippen molar-refractivity contribution in [3.63, 3.8) is 0 Å². The molecule has 3 nitrogen and oxygen atoms in total. The van der Waals surface area contributed by atoms with Crippen molar-refractivity contribution in [2.45, 2.75) is 53.4 Å². The van der Waals surface area contributed by atoms with Crippen molar-refractivity contribution in [3.05, 3.63) is 0 Å². The van der Waals surface area contributed by atoms with Gasteiger partial charge in [0.1, 0.15) is 0 Å². The lowest BCUT2D eigenvalue weighted by atomic mass is 9.92. The molecule has 0 bridgehead atoms. The van der Waals surface area contributed by atoms with Gasteiger partial charge in [-0.3, -0.25) is 4.39 Å². The van der Waals surface area contributed by atoms with Gasteiger partial charge in [-0.1, -0.05) is 34.1 Å². The summed E-state index contributed by atoms with van der Waals surface area (Å²) in [6, 6.07) is 0. The van der Waals surface area contributed by atoms with Gasteiger partial charge < -0.3 is 0 Å². The van der Waals surface area contributed by atoms with Crippen LogP contribution < -0.4 is 0 Å². The van der Waals surface area contributed by atoms with E-state index >= 15 is 0 Å². The quantitative estimate of drug-likeness (QED) is 0.651. The maximum atomic E-state index is 12.1. The fourth-order valence-electron chi connectivity index (χ4n) is 1.55. The number of unbranched alkanes of at least 4 members (excludes halogenated alkanes) is 1. The molecule has 0 heterocycles. The highest BCUT2D eigenvalue weighted by Gasteiger charge is 2.23. The summed E-state index contributed by atoms with van der Waals surface area (Å²) in [7, 11) is -3.29. The van der Waals surface area contributed by atoms with Crippen LogP contribution in [-0.2, 0) is 10.0 Å². The number of sulfonamides is 1. The van der Waals surface area contributed by atoms with Crippen LogP contribution in [0.1, 0.15) is 53.4 Å². The van der Waals surface area contributed by atoms with Crippen molar-refractivity contribution in [2.24, 2.45) is 5.41 Å². The monoisotopic (exact) mass is 281 g/mol. The van der Waals surface area contributed by atoms with Crippen molar-refractivity contribution >= 4 is 10.0 Å². The Hall–Kier alpha value is -0.160. The summed E-state index contributed by atoms with van der Waals surface area (Å²) in [6.07, 6.45) is 2.75. The Morgan fingerprint density at radius 2 is 1.72 bits per heavy atom. The minimum atomic E-state index is -3.29. The zero-order valence-electron chi connectivity index (χ0n) is 12.2. The van der Waals surface area contributed by atoms with Gasteiger partial charge in [0, 0.05) is 13.1 Å². The van der Waals surface area contributed by atoms with Crippen LogP contribution in [0.15, 0.2) is 0 Å². The van der Waals surface area contributed by atoms with Crippen LogP contribution in [0.3, 0.4) is 0 Å². The van der Waals surface area contributed by atoms with Crippen molar-refractivity contribution in [2.75, 3.05) is 25.5 Å². The number of alkyl halides is 1. The molecule has 110 valence electrons. The highest BCUT2D eigenvalue weighted by atomic mass is 32.2. The molecule has 18 heavy (non-hydrogen) atoms. The van der Waals surface area contributed by atoms with Gasteiger partial charge in [0.25, 0.3) is 0 Å². The molecule has 0 rings (SSSR count). The second kappa shape index (κ2) is 8.10. The SMILES string of the molecule is CCCCN(CCC(C)(C)C)S(=O)(=O)CCCF. The fraction of sp³-hybridized carbons (Fsp3) is 1.00. The van der Waals surface area contributed by atoms with E-state index in [4.69, 9.17) is 0 Å². The number of hydrogen-bond acceptors (Lipinski definition) is 2. The first-order valence-corrected chi connectivity index (χ1v) is 8.37. The second-order valence-corrected chi connectivity index (χ2v) is 8.01. The van der Waals surface area contributed by atoms with E-state index in [0.717, 1.165) is 19.3 Å². The highest BCUT2D eigenvalue weighted by Crippen LogP contribution is 2.20. The van der Waals surface area contributed by atoms with E-state index in [2.05, 4.69) is 20.8 Å². The first-order chi connectivity index (χ1) is 8.23. The van der Waals surface area contributed by atoms with Gasteiger partial charge in [0.2, 0.25) is 10.0 Å². The molecule has 5 heteroatoms. The fourth-order valence-corrected chi connectivity index (χ4v) is 3.06. The maximum absolute atomic E-state index is 12.1. The minimum Gasteiger partial charge on any atom is -0.251 e. The van der Waals surface area contributed by atoms with Crippen molar-refractivity contribution < 1.29 is 12.8 Å². The maximum Gasteiger partial charge on any atom is 0.214 e. The van der Waals surface area contributed by atoms with E-state index in [-0.39, 0.29) is 17.6 Å². The van der Waals surface area contributed by atoms with Gasteiger partial charge >= 0.3 is 0 Å². The summed E-state index contributed by atoms with van der Waals surface area (Å²) in [5, 5.41) is 0. The van der Waals surface area contributed by atoms with Crippen LogP contribution in [0.5, 0.6) is 0 Å². The Bertz CT molecular complexity index is 309. The summed E-state index contributed by atoms with van der Waals surface area (Å²) < 4.78 is 37.8. The van der Waals surface area contributed by atoms with Gasteiger partial charge in [-0.25, -0.2) is 12.7 Å². The Labute approximate surface area is 112 Å². The normalized spacial score (nSPS) is 13.2. The third-order valence-electron chi connectivity index (χ3n) is 2.80. The lowest BCUT2D eigenvalue weighted by molar-refractivity contribution is 0.307. The first-order valence-electron chi connectivity index (χ1n) is 6.76. The van der Waals surface area contributed by atoms with Crippen LogP contribution in [0, 0.1) is 5.41 Å². The van der Waals surface area contributed by atoms with E-state index in [0.29, 0.717) is 13.1 Å². The Morgan fingerprint density at radius 3 is 2.17 bits per heavy atom. The van der Waals surface area contributed by atoms with E-state index in [1.54, 1.807) is 0 Å². The Balaban J connectivity index is 4.55. The average molecular weight is 281 g/mol. The van der Waals surface area contributed by atoms with E-state index in [9.17, 15) is 12.8 Å².